The number of β-amino-alcohol motifs (C(OH)–C–C–N with tert-alkyl or cyclic N) is 1. The van der Waals surface area contributed by atoms with Crippen LogP contribution in [0.2, 0.25) is 0 Å². The first-order valence-electron chi connectivity index (χ1n) is 13.6. The highest BCUT2D eigenvalue weighted by Gasteiger charge is 2.21. The number of morpholine rings is 1. The van der Waals surface area contributed by atoms with Gasteiger partial charge < -0.3 is 34.5 Å². The van der Waals surface area contributed by atoms with Crippen molar-refractivity contribution in [3.8, 4) is 17.4 Å². The van der Waals surface area contributed by atoms with E-state index in [-0.39, 0.29) is 18.1 Å². The number of aromatic nitrogens is 2. The van der Waals surface area contributed by atoms with Gasteiger partial charge in [-0.25, -0.2) is 4.98 Å². The fourth-order valence-corrected chi connectivity index (χ4v) is 4.71. The number of H-pyrrole nitrogens is 1. The number of aromatic amines is 1. The van der Waals surface area contributed by atoms with Crippen molar-refractivity contribution in [3.63, 3.8) is 0 Å². The third-order valence-corrected chi connectivity index (χ3v) is 6.88. The van der Waals surface area contributed by atoms with E-state index >= 15 is 0 Å². The lowest BCUT2D eigenvalue weighted by atomic mass is 9.94. The van der Waals surface area contributed by atoms with Gasteiger partial charge in [0.1, 0.15) is 24.2 Å². The van der Waals surface area contributed by atoms with Gasteiger partial charge in [0.2, 0.25) is 5.88 Å². The van der Waals surface area contributed by atoms with Crippen LogP contribution in [0.1, 0.15) is 29.8 Å². The van der Waals surface area contributed by atoms with E-state index in [2.05, 4.69) is 29.1 Å². The zero-order valence-corrected chi connectivity index (χ0v) is 22.9. The minimum atomic E-state index is -0.646. The molecule has 40 heavy (non-hydrogen) atoms. The Morgan fingerprint density at radius 1 is 1.12 bits per heavy atom. The summed E-state index contributed by atoms with van der Waals surface area (Å²) in [7, 11) is 0. The molecule has 1 saturated heterocycles. The molecule has 1 amide bonds. The van der Waals surface area contributed by atoms with E-state index in [0.717, 1.165) is 28.6 Å². The molecule has 5 rings (SSSR count). The van der Waals surface area contributed by atoms with Gasteiger partial charge in [-0.15, -0.1) is 0 Å². The van der Waals surface area contributed by atoms with E-state index in [1.165, 1.54) is 0 Å². The van der Waals surface area contributed by atoms with E-state index in [9.17, 15) is 9.90 Å². The molecule has 1 aliphatic rings. The van der Waals surface area contributed by atoms with Crippen molar-refractivity contribution in [2.24, 2.45) is 0 Å². The van der Waals surface area contributed by atoms with Gasteiger partial charge >= 0.3 is 0 Å². The SMILES string of the molecule is CC(C)(Cc1ccc(Oc2ccc(C(=O)N3CCOCC3)cn2)cc1)NC[C@H](O)COc1cccc2[nH]ccc12. The Morgan fingerprint density at radius 3 is 2.67 bits per heavy atom. The van der Waals surface area contributed by atoms with Crippen molar-refractivity contribution in [1.29, 1.82) is 0 Å². The maximum Gasteiger partial charge on any atom is 0.255 e. The average molecular weight is 545 g/mol. The Labute approximate surface area is 234 Å². The van der Waals surface area contributed by atoms with Gasteiger partial charge in [0.15, 0.2) is 0 Å². The first kappa shape index (κ1) is 27.6. The summed E-state index contributed by atoms with van der Waals surface area (Å²) >= 11 is 0. The Hall–Kier alpha value is -3.92. The summed E-state index contributed by atoms with van der Waals surface area (Å²) in [6.45, 7) is 7.14. The van der Waals surface area contributed by atoms with Crippen LogP contribution in [0.25, 0.3) is 10.9 Å². The normalized spacial score (nSPS) is 14.7. The lowest BCUT2D eigenvalue weighted by Crippen LogP contribution is -2.46. The molecule has 3 N–H and O–H groups in total. The summed E-state index contributed by atoms with van der Waals surface area (Å²) in [6, 6.07) is 19.1. The smallest absolute Gasteiger partial charge is 0.255 e. The highest BCUT2D eigenvalue weighted by molar-refractivity contribution is 5.94. The molecule has 9 heteroatoms. The highest BCUT2D eigenvalue weighted by Crippen LogP contribution is 2.25. The molecule has 4 aromatic rings. The van der Waals surface area contributed by atoms with E-state index in [1.54, 1.807) is 23.2 Å². The number of aliphatic hydroxyl groups is 1. The lowest BCUT2D eigenvalue weighted by molar-refractivity contribution is 0.0302. The predicted octanol–water partition coefficient (Wildman–Crippen LogP) is 4.18. The Morgan fingerprint density at radius 2 is 1.93 bits per heavy atom. The van der Waals surface area contributed by atoms with Gasteiger partial charge in [0.05, 0.1) is 18.8 Å². The average Bonchev–Trinajstić information content (AvgIpc) is 3.46. The van der Waals surface area contributed by atoms with Crippen LogP contribution in [0, 0.1) is 0 Å². The minimum absolute atomic E-state index is 0.0442. The fraction of sp³-hybridized carbons (Fsp3) is 0.355. The molecule has 1 fully saturated rings. The first-order chi connectivity index (χ1) is 19.4. The summed E-state index contributed by atoms with van der Waals surface area (Å²) in [6.07, 6.45) is 3.55. The van der Waals surface area contributed by atoms with Crippen LogP contribution in [0.15, 0.2) is 73.1 Å². The third-order valence-electron chi connectivity index (χ3n) is 6.88. The molecule has 9 nitrogen and oxygen atoms in total. The van der Waals surface area contributed by atoms with Crippen LogP contribution in [0.3, 0.4) is 0 Å². The van der Waals surface area contributed by atoms with Gasteiger partial charge in [-0.05, 0) is 62.2 Å². The van der Waals surface area contributed by atoms with Crippen LogP contribution < -0.4 is 14.8 Å². The quantitative estimate of drug-likeness (QED) is 0.260. The molecule has 3 heterocycles. The van der Waals surface area contributed by atoms with Gasteiger partial charge in [-0.1, -0.05) is 18.2 Å². The molecule has 0 spiro atoms. The number of amides is 1. The summed E-state index contributed by atoms with van der Waals surface area (Å²) < 4.78 is 17.1. The summed E-state index contributed by atoms with van der Waals surface area (Å²) in [5.74, 6) is 1.81. The molecular formula is C31H36N4O5. The number of carbonyl (C=O) groups is 1. The number of fused-ring (bicyclic) bond motifs is 1. The van der Waals surface area contributed by atoms with E-state index < -0.39 is 6.10 Å². The van der Waals surface area contributed by atoms with Gasteiger partial charge in [0, 0.05) is 54.5 Å². The molecule has 0 bridgehead atoms. The van der Waals surface area contributed by atoms with Crippen LogP contribution in [0.4, 0.5) is 0 Å². The van der Waals surface area contributed by atoms with Crippen LogP contribution in [-0.2, 0) is 11.2 Å². The number of benzene rings is 2. The van der Waals surface area contributed by atoms with Gasteiger partial charge in [0.25, 0.3) is 5.91 Å². The number of nitrogens with zero attached hydrogens (tertiary/aromatic N) is 2. The van der Waals surface area contributed by atoms with Crippen molar-refractivity contribution in [3.05, 3.63) is 84.2 Å². The van der Waals surface area contributed by atoms with E-state index in [1.807, 2.05) is 54.7 Å². The largest absolute Gasteiger partial charge is 0.490 e. The van der Waals surface area contributed by atoms with Gasteiger partial charge in [-0.2, -0.15) is 0 Å². The standard InChI is InChI=1S/C31H36N4O5/c1-31(2,34-20-24(36)21-39-28-5-3-4-27-26(28)12-13-32-27)18-22-6-9-25(10-7-22)40-29-11-8-23(19-33-29)30(37)35-14-16-38-17-15-35/h3-13,19,24,32,34,36H,14-18,20-21H2,1-2H3/t24-/m0/s1. The molecule has 0 aliphatic carbocycles. The van der Waals surface area contributed by atoms with Crippen LogP contribution >= 0.6 is 0 Å². The van der Waals surface area contributed by atoms with E-state index in [4.69, 9.17) is 14.2 Å². The highest BCUT2D eigenvalue weighted by atomic mass is 16.5. The number of hydrogen-bond donors (Lipinski definition) is 3. The number of pyridine rings is 1. The molecule has 0 radical (unpaired) electrons. The molecule has 1 atom stereocenters. The maximum absolute atomic E-state index is 12.6. The molecular weight excluding hydrogens is 508 g/mol. The summed E-state index contributed by atoms with van der Waals surface area (Å²) in [5, 5.41) is 15.0. The van der Waals surface area contributed by atoms with Crippen molar-refractivity contribution in [2.75, 3.05) is 39.5 Å². The zero-order chi connectivity index (χ0) is 28.0. The lowest BCUT2D eigenvalue weighted by Gasteiger charge is -2.28. The number of carbonyl (C=O) groups excluding carboxylic acids is 1. The minimum Gasteiger partial charge on any atom is -0.490 e. The van der Waals surface area contributed by atoms with Crippen molar-refractivity contribution in [1.82, 2.24) is 20.2 Å². The van der Waals surface area contributed by atoms with E-state index in [0.29, 0.717) is 50.0 Å². The molecule has 0 saturated carbocycles. The zero-order valence-electron chi connectivity index (χ0n) is 22.9. The fourth-order valence-electron chi connectivity index (χ4n) is 4.71. The number of aliphatic hydroxyl groups excluding tert-OH is 1. The maximum atomic E-state index is 12.6. The van der Waals surface area contributed by atoms with Crippen molar-refractivity contribution >= 4 is 16.8 Å². The molecule has 2 aromatic carbocycles. The molecule has 0 unspecified atom stereocenters. The molecule has 2 aromatic heterocycles. The number of nitrogens with one attached hydrogen (secondary N) is 2. The van der Waals surface area contributed by atoms with Gasteiger partial charge in [-0.3, -0.25) is 4.79 Å². The number of hydrogen-bond acceptors (Lipinski definition) is 7. The van der Waals surface area contributed by atoms with Crippen molar-refractivity contribution < 1.29 is 24.1 Å². The number of ether oxygens (including phenoxy) is 3. The number of rotatable bonds is 11. The Balaban J connectivity index is 1.08. The second-order valence-electron chi connectivity index (χ2n) is 10.6. The topological polar surface area (TPSA) is 109 Å². The van der Waals surface area contributed by atoms with Crippen LogP contribution in [0.5, 0.6) is 17.4 Å². The summed E-state index contributed by atoms with van der Waals surface area (Å²) in [5.41, 5.74) is 2.44. The van der Waals surface area contributed by atoms with Crippen LogP contribution in [-0.4, -0.2) is 77.0 Å². The molecule has 1 aliphatic heterocycles. The monoisotopic (exact) mass is 544 g/mol. The second-order valence-corrected chi connectivity index (χ2v) is 10.6. The third kappa shape index (κ3) is 7.18. The Bertz CT molecular complexity index is 1400. The first-order valence-corrected chi connectivity index (χ1v) is 13.6. The van der Waals surface area contributed by atoms with Crippen molar-refractivity contribution in [2.45, 2.75) is 31.9 Å². The Kier molecular flexibility index (Phi) is 8.64. The predicted molar refractivity (Wildman–Crippen MR) is 153 cm³/mol. The molecule has 210 valence electrons. The summed E-state index contributed by atoms with van der Waals surface area (Å²) in [4.78, 5) is 21.8. The second kappa shape index (κ2) is 12.5.